The number of fused-ring (bicyclic) bond motifs is 1. The maximum atomic E-state index is 11.2. The van der Waals surface area contributed by atoms with Gasteiger partial charge in [-0.1, -0.05) is 0 Å². The number of nitrogens with two attached hydrogens (primary N) is 1. The van der Waals surface area contributed by atoms with Crippen LogP contribution in [0, 0.1) is 0 Å². The number of amidine groups is 1. The number of carbonyl (C=O) groups excluding carboxylic acids is 1. The minimum absolute atomic E-state index is 0.291. The topological polar surface area (TPSA) is 80.2 Å². The van der Waals surface area contributed by atoms with E-state index in [1.807, 2.05) is 0 Å². The molecule has 5 nitrogen and oxygen atoms in total. The van der Waals surface area contributed by atoms with Gasteiger partial charge in [-0.15, -0.1) is 0 Å². The fraction of sp³-hybridized carbons (Fsp3) is 0.143. The van der Waals surface area contributed by atoms with E-state index in [1.54, 1.807) is 6.21 Å². The van der Waals surface area contributed by atoms with Gasteiger partial charge in [0.15, 0.2) is 5.84 Å². The van der Waals surface area contributed by atoms with Crippen molar-refractivity contribution in [2.45, 2.75) is 0 Å². The molecule has 0 aromatic rings. The number of hydrogen-bond donors (Lipinski definition) is 1. The molecule has 0 saturated heterocycles. The van der Waals surface area contributed by atoms with Crippen LogP contribution in [-0.2, 0) is 4.79 Å². The first-order valence-corrected chi connectivity index (χ1v) is 3.45. The molecule has 0 aromatic heterocycles. The summed E-state index contributed by atoms with van der Waals surface area (Å²) in [6.45, 7) is 0.291. The van der Waals surface area contributed by atoms with Gasteiger partial charge in [0.2, 0.25) is 0 Å². The summed E-state index contributed by atoms with van der Waals surface area (Å²) in [4.78, 5) is 22.5. The standard InChI is InChI=1S/C7H6N4O/c8-1-4-2-9-6-5(4)7(12)11-3-10-6/h2-3H,1,8H2. The predicted molar refractivity (Wildman–Crippen MR) is 45.5 cm³/mol. The fourth-order valence-electron chi connectivity index (χ4n) is 1.10. The van der Waals surface area contributed by atoms with E-state index >= 15 is 0 Å². The lowest BCUT2D eigenvalue weighted by molar-refractivity contribution is -0.113. The normalized spacial score (nSPS) is 20.1. The molecule has 5 heteroatoms. The number of hydrogen-bond acceptors (Lipinski definition) is 4. The third-order valence-electron chi connectivity index (χ3n) is 1.68. The quantitative estimate of drug-likeness (QED) is 0.552. The minimum atomic E-state index is -0.307. The Morgan fingerprint density at radius 2 is 2.25 bits per heavy atom. The molecular weight excluding hydrogens is 156 g/mol. The molecule has 0 aliphatic carbocycles. The van der Waals surface area contributed by atoms with Gasteiger partial charge in [-0.05, 0) is 0 Å². The molecule has 1 amide bonds. The summed E-state index contributed by atoms with van der Waals surface area (Å²) >= 11 is 0. The third-order valence-corrected chi connectivity index (χ3v) is 1.68. The Balaban J connectivity index is 2.54. The number of carbonyl (C=O) groups is 1. The average Bonchev–Trinajstić information content (AvgIpc) is 2.49. The Bertz CT molecular complexity index is 362. The first-order chi connectivity index (χ1) is 5.83. The molecule has 0 spiro atoms. The van der Waals surface area contributed by atoms with Crippen molar-refractivity contribution in [3.63, 3.8) is 0 Å². The summed E-state index contributed by atoms with van der Waals surface area (Å²) in [6.07, 6.45) is 2.76. The van der Waals surface area contributed by atoms with Crippen molar-refractivity contribution in [3.05, 3.63) is 11.1 Å². The van der Waals surface area contributed by atoms with Crippen LogP contribution in [0.4, 0.5) is 0 Å². The number of nitrogens with zero attached hydrogens (tertiary/aromatic N) is 3. The predicted octanol–water partition coefficient (Wildman–Crippen LogP) is -0.707. The van der Waals surface area contributed by atoms with Crippen molar-refractivity contribution >= 4 is 24.3 Å². The second-order valence-corrected chi connectivity index (χ2v) is 2.36. The molecular formula is C7H6N4O. The molecule has 2 heterocycles. The summed E-state index contributed by atoms with van der Waals surface area (Å²) < 4.78 is 0. The lowest BCUT2D eigenvalue weighted by atomic mass is 10.1. The Morgan fingerprint density at radius 3 is 3.00 bits per heavy atom. The van der Waals surface area contributed by atoms with E-state index in [9.17, 15) is 4.79 Å². The highest BCUT2D eigenvalue weighted by Gasteiger charge is 2.24. The second-order valence-electron chi connectivity index (χ2n) is 2.36. The Hall–Kier alpha value is -1.62. The highest BCUT2D eigenvalue weighted by Crippen LogP contribution is 2.16. The molecule has 0 radical (unpaired) electrons. The van der Waals surface area contributed by atoms with Crippen LogP contribution in [0.3, 0.4) is 0 Å². The van der Waals surface area contributed by atoms with Crippen LogP contribution in [0.2, 0.25) is 0 Å². The molecule has 60 valence electrons. The van der Waals surface area contributed by atoms with Crippen molar-refractivity contribution in [1.29, 1.82) is 0 Å². The molecule has 2 aliphatic heterocycles. The SMILES string of the molecule is NCC1=C2C(=O)N=CN=C2N=C1. The van der Waals surface area contributed by atoms with Gasteiger partial charge < -0.3 is 5.73 Å². The van der Waals surface area contributed by atoms with Crippen molar-refractivity contribution in [2.75, 3.05) is 6.54 Å². The van der Waals surface area contributed by atoms with E-state index in [0.29, 0.717) is 23.5 Å². The van der Waals surface area contributed by atoms with E-state index < -0.39 is 0 Å². The fourth-order valence-corrected chi connectivity index (χ4v) is 1.10. The minimum Gasteiger partial charge on any atom is -0.326 e. The molecule has 0 unspecified atom stereocenters. The maximum absolute atomic E-state index is 11.2. The molecule has 0 fully saturated rings. The van der Waals surface area contributed by atoms with Crippen molar-refractivity contribution in [2.24, 2.45) is 20.7 Å². The molecule has 2 aliphatic rings. The van der Waals surface area contributed by atoms with Crippen LogP contribution >= 0.6 is 0 Å². The van der Waals surface area contributed by atoms with Crippen LogP contribution in [0.25, 0.3) is 0 Å². The summed E-state index contributed by atoms with van der Waals surface area (Å²) in [5.41, 5.74) is 6.54. The second kappa shape index (κ2) is 2.46. The zero-order valence-corrected chi connectivity index (χ0v) is 6.19. The first-order valence-electron chi connectivity index (χ1n) is 3.45. The monoisotopic (exact) mass is 162 g/mol. The largest absolute Gasteiger partial charge is 0.326 e. The third kappa shape index (κ3) is 0.835. The summed E-state index contributed by atoms with van der Waals surface area (Å²) in [5, 5.41) is 0. The number of amides is 1. The van der Waals surface area contributed by atoms with Crippen molar-refractivity contribution < 1.29 is 4.79 Å². The number of aliphatic imine (C=N–C) groups is 3. The molecule has 12 heavy (non-hydrogen) atoms. The lowest BCUT2D eigenvalue weighted by Crippen LogP contribution is -2.15. The highest BCUT2D eigenvalue weighted by molar-refractivity contribution is 6.32. The Morgan fingerprint density at radius 1 is 1.42 bits per heavy atom. The first kappa shape index (κ1) is 7.05. The van der Waals surface area contributed by atoms with Crippen LogP contribution < -0.4 is 5.73 Å². The average molecular weight is 162 g/mol. The van der Waals surface area contributed by atoms with E-state index in [1.165, 1.54) is 6.34 Å². The molecule has 0 aromatic carbocycles. The zero-order valence-electron chi connectivity index (χ0n) is 6.19. The van der Waals surface area contributed by atoms with Gasteiger partial charge in [0.25, 0.3) is 5.91 Å². The van der Waals surface area contributed by atoms with E-state index in [-0.39, 0.29) is 5.91 Å². The molecule has 0 atom stereocenters. The summed E-state index contributed by atoms with van der Waals surface area (Å²) in [5.74, 6) is 0.119. The van der Waals surface area contributed by atoms with Crippen LogP contribution in [-0.4, -0.2) is 30.8 Å². The van der Waals surface area contributed by atoms with Gasteiger partial charge in [0.05, 0.1) is 5.57 Å². The van der Waals surface area contributed by atoms with E-state index in [0.717, 1.165) is 0 Å². The van der Waals surface area contributed by atoms with E-state index in [4.69, 9.17) is 5.73 Å². The zero-order chi connectivity index (χ0) is 8.55. The van der Waals surface area contributed by atoms with Gasteiger partial charge in [-0.2, -0.15) is 4.99 Å². The number of rotatable bonds is 1. The van der Waals surface area contributed by atoms with Gasteiger partial charge >= 0.3 is 0 Å². The molecule has 2 rings (SSSR count). The van der Waals surface area contributed by atoms with Gasteiger partial charge in [-0.25, -0.2) is 9.98 Å². The van der Waals surface area contributed by atoms with Crippen LogP contribution in [0.1, 0.15) is 0 Å². The van der Waals surface area contributed by atoms with Crippen LogP contribution in [0.15, 0.2) is 26.1 Å². The van der Waals surface area contributed by atoms with Crippen molar-refractivity contribution in [3.8, 4) is 0 Å². The Labute approximate surface area is 68.4 Å². The summed E-state index contributed by atoms with van der Waals surface area (Å²) in [7, 11) is 0. The van der Waals surface area contributed by atoms with Gasteiger partial charge in [0.1, 0.15) is 6.34 Å². The molecule has 2 N–H and O–H groups in total. The maximum Gasteiger partial charge on any atom is 0.282 e. The van der Waals surface area contributed by atoms with Crippen LogP contribution in [0.5, 0.6) is 0 Å². The molecule has 0 saturated carbocycles. The van der Waals surface area contributed by atoms with Crippen molar-refractivity contribution in [1.82, 2.24) is 0 Å². The lowest BCUT2D eigenvalue weighted by Gasteiger charge is -2.02. The highest BCUT2D eigenvalue weighted by atomic mass is 16.1. The summed E-state index contributed by atoms with van der Waals surface area (Å²) in [6, 6.07) is 0. The van der Waals surface area contributed by atoms with E-state index in [2.05, 4.69) is 15.0 Å². The molecule has 0 bridgehead atoms. The van der Waals surface area contributed by atoms with Gasteiger partial charge in [0, 0.05) is 18.3 Å². The van der Waals surface area contributed by atoms with Gasteiger partial charge in [-0.3, -0.25) is 4.79 Å². The Kier molecular flexibility index (Phi) is 1.44. The smallest absolute Gasteiger partial charge is 0.282 e.